The first kappa shape index (κ1) is 14.7. The number of piperidine rings is 1. The van der Waals surface area contributed by atoms with Crippen molar-refractivity contribution in [2.75, 3.05) is 24.6 Å². The van der Waals surface area contributed by atoms with E-state index >= 15 is 0 Å². The first-order valence-corrected chi connectivity index (χ1v) is 7.63. The molecule has 0 N–H and O–H groups in total. The fourth-order valence-corrected chi connectivity index (χ4v) is 2.82. The fourth-order valence-electron chi connectivity index (χ4n) is 1.98. The molecule has 0 aromatic heterocycles. The number of carbonyl (C=O) groups is 1. The van der Waals surface area contributed by atoms with Crippen LogP contribution < -0.4 is 0 Å². The van der Waals surface area contributed by atoms with E-state index < -0.39 is 0 Å². The van der Waals surface area contributed by atoms with Crippen LogP contribution in [-0.2, 0) is 4.74 Å². The number of carbonyl (C=O) groups excluding carboxylic acids is 1. The summed E-state index contributed by atoms with van der Waals surface area (Å²) >= 11 is 1.96. The largest absolute Gasteiger partial charge is 0.444 e. The van der Waals surface area contributed by atoms with Gasteiger partial charge in [-0.05, 0) is 51.0 Å². The van der Waals surface area contributed by atoms with Crippen molar-refractivity contribution in [1.82, 2.24) is 4.90 Å². The van der Waals surface area contributed by atoms with Crippen LogP contribution in [0.5, 0.6) is 0 Å². The Bertz CT molecular complexity index is 250. The van der Waals surface area contributed by atoms with Crippen molar-refractivity contribution >= 4 is 17.9 Å². The van der Waals surface area contributed by atoms with Crippen LogP contribution in [0.3, 0.4) is 0 Å². The molecule has 100 valence electrons. The molecule has 17 heavy (non-hydrogen) atoms. The molecular weight excluding hydrogens is 234 g/mol. The van der Waals surface area contributed by atoms with Gasteiger partial charge in [0, 0.05) is 13.1 Å². The Kier molecular flexibility index (Phi) is 5.63. The second-order valence-electron chi connectivity index (χ2n) is 5.59. The highest BCUT2D eigenvalue weighted by Crippen LogP contribution is 2.22. The molecule has 4 heteroatoms. The SMILES string of the molecule is CCSC[C@H]1CCCN(C(=O)OC(C)(C)C)C1. The normalized spacial score (nSPS) is 21.4. The first-order chi connectivity index (χ1) is 7.92. The molecule has 0 aliphatic carbocycles. The zero-order valence-electron chi connectivity index (χ0n) is 11.5. The van der Waals surface area contributed by atoms with E-state index in [4.69, 9.17) is 4.74 Å². The van der Waals surface area contributed by atoms with Gasteiger partial charge in [0.25, 0.3) is 0 Å². The molecule has 0 spiro atoms. The smallest absolute Gasteiger partial charge is 0.410 e. The van der Waals surface area contributed by atoms with Crippen LogP contribution in [0.2, 0.25) is 0 Å². The Morgan fingerprint density at radius 2 is 2.18 bits per heavy atom. The number of thioether (sulfide) groups is 1. The van der Waals surface area contributed by atoms with E-state index in [0.29, 0.717) is 5.92 Å². The lowest BCUT2D eigenvalue weighted by molar-refractivity contribution is 0.0177. The molecule has 1 amide bonds. The molecule has 1 aliphatic heterocycles. The van der Waals surface area contributed by atoms with Crippen LogP contribution >= 0.6 is 11.8 Å². The summed E-state index contributed by atoms with van der Waals surface area (Å²) in [6, 6.07) is 0. The number of rotatable bonds is 3. The van der Waals surface area contributed by atoms with Gasteiger partial charge in [-0.15, -0.1) is 0 Å². The number of hydrogen-bond donors (Lipinski definition) is 0. The van der Waals surface area contributed by atoms with E-state index in [1.165, 1.54) is 6.42 Å². The Morgan fingerprint density at radius 3 is 2.76 bits per heavy atom. The third-order valence-corrected chi connectivity index (χ3v) is 3.84. The lowest BCUT2D eigenvalue weighted by Gasteiger charge is -2.34. The van der Waals surface area contributed by atoms with Crippen molar-refractivity contribution in [1.29, 1.82) is 0 Å². The van der Waals surface area contributed by atoms with Gasteiger partial charge >= 0.3 is 6.09 Å². The standard InChI is InChI=1S/C13H25NO2S/c1-5-17-10-11-7-6-8-14(9-11)12(15)16-13(2,3)4/h11H,5-10H2,1-4H3/t11-/m0/s1. The van der Waals surface area contributed by atoms with E-state index in [1.807, 2.05) is 37.4 Å². The van der Waals surface area contributed by atoms with Crippen molar-refractivity contribution in [3.05, 3.63) is 0 Å². The summed E-state index contributed by atoms with van der Waals surface area (Å²) in [4.78, 5) is 13.8. The van der Waals surface area contributed by atoms with Crippen LogP contribution in [0.15, 0.2) is 0 Å². The van der Waals surface area contributed by atoms with Gasteiger partial charge in [-0.1, -0.05) is 6.92 Å². The highest BCUT2D eigenvalue weighted by Gasteiger charge is 2.27. The Balaban J connectivity index is 2.40. The maximum atomic E-state index is 11.9. The summed E-state index contributed by atoms with van der Waals surface area (Å²) in [5.41, 5.74) is -0.387. The van der Waals surface area contributed by atoms with Crippen molar-refractivity contribution in [2.45, 2.75) is 46.1 Å². The van der Waals surface area contributed by atoms with Crippen LogP contribution in [0, 0.1) is 5.92 Å². The molecule has 1 aliphatic rings. The molecule has 1 atom stereocenters. The molecule has 1 heterocycles. The quantitative estimate of drug-likeness (QED) is 0.778. The van der Waals surface area contributed by atoms with Crippen molar-refractivity contribution < 1.29 is 9.53 Å². The van der Waals surface area contributed by atoms with E-state index in [2.05, 4.69) is 6.92 Å². The predicted octanol–water partition coefficient (Wildman–Crippen LogP) is 3.39. The number of ether oxygens (including phenoxy) is 1. The average molecular weight is 259 g/mol. The molecule has 3 nitrogen and oxygen atoms in total. The van der Waals surface area contributed by atoms with E-state index in [-0.39, 0.29) is 11.7 Å². The summed E-state index contributed by atoms with van der Waals surface area (Å²) in [6.07, 6.45) is 2.20. The molecule has 1 saturated heterocycles. The third kappa shape index (κ3) is 5.66. The molecular formula is C13H25NO2S. The van der Waals surface area contributed by atoms with Gasteiger partial charge in [0.05, 0.1) is 0 Å². The van der Waals surface area contributed by atoms with Gasteiger partial charge in [0.1, 0.15) is 5.60 Å². The maximum absolute atomic E-state index is 11.9. The van der Waals surface area contributed by atoms with E-state index in [0.717, 1.165) is 31.0 Å². The molecule has 0 aromatic carbocycles. The number of hydrogen-bond acceptors (Lipinski definition) is 3. The van der Waals surface area contributed by atoms with Crippen LogP contribution in [-0.4, -0.2) is 41.2 Å². The monoisotopic (exact) mass is 259 g/mol. The number of likely N-dealkylation sites (tertiary alicyclic amines) is 1. The van der Waals surface area contributed by atoms with Crippen LogP contribution in [0.1, 0.15) is 40.5 Å². The Hall–Kier alpha value is -0.380. The van der Waals surface area contributed by atoms with Crippen molar-refractivity contribution in [3.8, 4) is 0 Å². The van der Waals surface area contributed by atoms with E-state index in [9.17, 15) is 4.79 Å². The van der Waals surface area contributed by atoms with Gasteiger partial charge < -0.3 is 9.64 Å². The second kappa shape index (κ2) is 6.53. The van der Waals surface area contributed by atoms with Crippen LogP contribution in [0.4, 0.5) is 4.79 Å². The fraction of sp³-hybridized carbons (Fsp3) is 0.923. The predicted molar refractivity (Wildman–Crippen MR) is 73.5 cm³/mol. The minimum atomic E-state index is -0.387. The van der Waals surface area contributed by atoms with Gasteiger partial charge in [-0.3, -0.25) is 0 Å². The lowest BCUT2D eigenvalue weighted by atomic mass is 10.0. The molecule has 0 bridgehead atoms. The topological polar surface area (TPSA) is 29.5 Å². The van der Waals surface area contributed by atoms with E-state index in [1.54, 1.807) is 0 Å². The zero-order valence-corrected chi connectivity index (χ0v) is 12.3. The molecule has 0 unspecified atom stereocenters. The minimum Gasteiger partial charge on any atom is -0.444 e. The molecule has 0 radical (unpaired) electrons. The summed E-state index contributed by atoms with van der Waals surface area (Å²) in [7, 11) is 0. The number of nitrogens with zero attached hydrogens (tertiary/aromatic N) is 1. The van der Waals surface area contributed by atoms with Gasteiger partial charge in [0.15, 0.2) is 0 Å². The summed E-state index contributed by atoms with van der Waals surface area (Å²) in [6.45, 7) is 9.64. The van der Waals surface area contributed by atoms with Crippen molar-refractivity contribution in [3.63, 3.8) is 0 Å². The van der Waals surface area contributed by atoms with Crippen LogP contribution in [0.25, 0.3) is 0 Å². The van der Waals surface area contributed by atoms with Gasteiger partial charge in [0.2, 0.25) is 0 Å². The lowest BCUT2D eigenvalue weighted by Crippen LogP contribution is -2.43. The van der Waals surface area contributed by atoms with Crippen molar-refractivity contribution in [2.24, 2.45) is 5.92 Å². The maximum Gasteiger partial charge on any atom is 0.410 e. The second-order valence-corrected chi connectivity index (χ2v) is 6.91. The highest BCUT2D eigenvalue weighted by atomic mass is 32.2. The molecule has 1 fully saturated rings. The zero-order chi connectivity index (χ0) is 12.9. The van der Waals surface area contributed by atoms with Gasteiger partial charge in [-0.2, -0.15) is 11.8 Å². The molecule has 0 aromatic rings. The highest BCUT2D eigenvalue weighted by molar-refractivity contribution is 7.99. The molecule has 0 saturated carbocycles. The summed E-state index contributed by atoms with van der Waals surface area (Å²) in [5, 5.41) is 0. The summed E-state index contributed by atoms with van der Waals surface area (Å²) < 4.78 is 5.41. The average Bonchev–Trinajstić information content (AvgIpc) is 2.24. The minimum absolute atomic E-state index is 0.149. The third-order valence-electron chi connectivity index (χ3n) is 2.73. The summed E-state index contributed by atoms with van der Waals surface area (Å²) in [5.74, 6) is 2.96. The first-order valence-electron chi connectivity index (χ1n) is 6.48. The Labute approximate surface area is 109 Å². The van der Waals surface area contributed by atoms with Gasteiger partial charge in [-0.25, -0.2) is 4.79 Å². The Morgan fingerprint density at radius 1 is 1.47 bits per heavy atom. The molecule has 1 rings (SSSR count). The number of amides is 1.